The van der Waals surface area contributed by atoms with Crippen LogP contribution in [0.2, 0.25) is 0 Å². The molecule has 3 aromatic rings. The van der Waals surface area contributed by atoms with Crippen LogP contribution in [0.3, 0.4) is 0 Å². The number of aryl methyl sites for hydroxylation is 1. The van der Waals surface area contributed by atoms with Crippen molar-refractivity contribution >= 4 is 21.9 Å². The maximum atomic E-state index is 6.22. The summed E-state index contributed by atoms with van der Waals surface area (Å²) in [5, 5.41) is 4.50. The number of aliphatic imine (C=N–C) groups is 1. The standard InChI is InChI=1S/C19H17BrN4O/c1-12-10-17-19(22-18(21)24(17)23-12,14-4-3-5-15(20)11-14)13-6-8-16(25-2)9-7-13/h3-11H,1-2H3,(H2,21,22). The Bertz CT molecular complexity index is 977. The third kappa shape index (κ3) is 2.36. The molecule has 6 heteroatoms. The number of aromatic nitrogens is 2. The van der Waals surface area contributed by atoms with E-state index in [0.717, 1.165) is 32.7 Å². The zero-order chi connectivity index (χ0) is 17.6. The molecule has 0 saturated heterocycles. The lowest BCUT2D eigenvalue weighted by Gasteiger charge is -2.27. The fraction of sp³-hybridized carbons (Fsp3) is 0.158. The predicted octanol–water partition coefficient (Wildman–Crippen LogP) is 3.43. The summed E-state index contributed by atoms with van der Waals surface area (Å²) in [4.78, 5) is 4.86. The molecule has 1 atom stereocenters. The third-order valence-electron chi connectivity index (χ3n) is 4.45. The minimum absolute atomic E-state index is 0.388. The van der Waals surface area contributed by atoms with E-state index in [1.165, 1.54) is 0 Å². The molecule has 25 heavy (non-hydrogen) atoms. The van der Waals surface area contributed by atoms with Crippen molar-refractivity contribution in [2.45, 2.75) is 12.5 Å². The number of fused-ring (bicyclic) bond motifs is 1. The molecule has 0 fully saturated rings. The Kier molecular flexibility index (Phi) is 3.65. The maximum Gasteiger partial charge on any atom is 0.218 e. The summed E-state index contributed by atoms with van der Waals surface area (Å²) in [6.07, 6.45) is 0. The second kappa shape index (κ2) is 5.74. The largest absolute Gasteiger partial charge is 0.497 e. The molecule has 0 bridgehead atoms. The van der Waals surface area contributed by atoms with Crippen LogP contribution in [-0.4, -0.2) is 22.8 Å². The van der Waals surface area contributed by atoms with Gasteiger partial charge in [0.1, 0.15) is 5.75 Å². The first-order valence-corrected chi connectivity index (χ1v) is 8.67. The number of hydrogen-bond acceptors (Lipinski definition) is 4. The van der Waals surface area contributed by atoms with E-state index in [9.17, 15) is 0 Å². The molecule has 0 spiro atoms. The fourth-order valence-corrected chi connectivity index (χ4v) is 3.74. The van der Waals surface area contributed by atoms with Crippen LogP contribution in [0.1, 0.15) is 22.5 Å². The van der Waals surface area contributed by atoms with Crippen molar-refractivity contribution in [2.75, 3.05) is 7.11 Å². The molecule has 4 rings (SSSR count). The highest BCUT2D eigenvalue weighted by Crippen LogP contribution is 2.44. The Morgan fingerprint density at radius 2 is 1.84 bits per heavy atom. The summed E-state index contributed by atoms with van der Waals surface area (Å²) in [6.45, 7) is 1.96. The van der Waals surface area contributed by atoms with E-state index in [1.54, 1.807) is 11.8 Å². The van der Waals surface area contributed by atoms with Crippen molar-refractivity contribution in [3.05, 3.63) is 81.6 Å². The molecule has 5 nitrogen and oxygen atoms in total. The molecule has 1 unspecified atom stereocenters. The molecule has 0 aliphatic carbocycles. The van der Waals surface area contributed by atoms with Crippen molar-refractivity contribution < 1.29 is 4.74 Å². The van der Waals surface area contributed by atoms with Crippen LogP contribution in [0.25, 0.3) is 0 Å². The van der Waals surface area contributed by atoms with Crippen LogP contribution in [0.4, 0.5) is 0 Å². The van der Waals surface area contributed by atoms with Crippen molar-refractivity contribution in [2.24, 2.45) is 10.7 Å². The number of nitrogens with zero attached hydrogens (tertiary/aromatic N) is 3. The molecule has 0 amide bonds. The van der Waals surface area contributed by atoms with Gasteiger partial charge in [0, 0.05) is 4.47 Å². The van der Waals surface area contributed by atoms with Gasteiger partial charge in [-0.1, -0.05) is 40.2 Å². The van der Waals surface area contributed by atoms with Crippen LogP contribution >= 0.6 is 15.9 Å². The monoisotopic (exact) mass is 396 g/mol. The van der Waals surface area contributed by atoms with Gasteiger partial charge < -0.3 is 10.5 Å². The van der Waals surface area contributed by atoms with E-state index in [2.05, 4.69) is 33.2 Å². The van der Waals surface area contributed by atoms with Gasteiger partial charge in [-0.05, 0) is 48.4 Å². The summed E-state index contributed by atoms with van der Waals surface area (Å²) < 4.78 is 8.01. The average Bonchev–Trinajstić information content (AvgIpc) is 3.13. The highest BCUT2D eigenvalue weighted by Gasteiger charge is 2.44. The SMILES string of the molecule is COc1ccc(C2(c3cccc(Br)c3)N=C(N)n3nc(C)cc32)cc1. The topological polar surface area (TPSA) is 65.4 Å². The Morgan fingerprint density at radius 1 is 1.08 bits per heavy atom. The molecule has 2 N–H and O–H groups in total. The Morgan fingerprint density at radius 3 is 2.52 bits per heavy atom. The number of rotatable bonds is 3. The first-order valence-electron chi connectivity index (χ1n) is 7.88. The third-order valence-corrected chi connectivity index (χ3v) is 4.94. The number of benzene rings is 2. The van der Waals surface area contributed by atoms with Gasteiger partial charge >= 0.3 is 0 Å². The fourth-order valence-electron chi connectivity index (χ4n) is 3.35. The van der Waals surface area contributed by atoms with Gasteiger partial charge in [-0.3, -0.25) is 0 Å². The molecular weight excluding hydrogens is 380 g/mol. The quantitative estimate of drug-likeness (QED) is 0.737. The normalized spacial score (nSPS) is 18.8. The molecule has 2 heterocycles. The van der Waals surface area contributed by atoms with E-state index >= 15 is 0 Å². The van der Waals surface area contributed by atoms with Crippen LogP contribution in [0.5, 0.6) is 5.75 Å². The first kappa shape index (κ1) is 15.9. The highest BCUT2D eigenvalue weighted by molar-refractivity contribution is 9.10. The van der Waals surface area contributed by atoms with Crippen molar-refractivity contribution in [1.82, 2.24) is 9.78 Å². The smallest absolute Gasteiger partial charge is 0.218 e. The molecule has 1 aliphatic heterocycles. The Balaban J connectivity index is 2.03. The summed E-state index contributed by atoms with van der Waals surface area (Å²) in [6, 6.07) is 18.1. The molecule has 126 valence electrons. The predicted molar refractivity (Wildman–Crippen MR) is 101 cm³/mol. The lowest BCUT2D eigenvalue weighted by atomic mass is 9.81. The second-order valence-corrected chi connectivity index (χ2v) is 6.92. The van der Waals surface area contributed by atoms with Crippen molar-refractivity contribution in [1.29, 1.82) is 0 Å². The lowest BCUT2D eigenvalue weighted by molar-refractivity contribution is 0.414. The Labute approximate surface area is 154 Å². The Hall–Kier alpha value is -2.60. The number of methoxy groups -OCH3 is 1. The van der Waals surface area contributed by atoms with Gasteiger partial charge in [0.15, 0.2) is 5.54 Å². The average molecular weight is 397 g/mol. The lowest BCUT2D eigenvalue weighted by Crippen LogP contribution is -2.25. The van der Waals surface area contributed by atoms with E-state index in [-0.39, 0.29) is 0 Å². The van der Waals surface area contributed by atoms with Gasteiger partial charge in [0.25, 0.3) is 0 Å². The molecule has 1 aromatic heterocycles. The van der Waals surface area contributed by atoms with Gasteiger partial charge in [-0.2, -0.15) is 5.10 Å². The maximum absolute atomic E-state index is 6.22. The molecular formula is C19H17BrN4O. The molecule has 0 saturated carbocycles. The van der Waals surface area contributed by atoms with Crippen LogP contribution in [-0.2, 0) is 5.54 Å². The number of ether oxygens (including phenoxy) is 1. The van der Waals surface area contributed by atoms with Crippen LogP contribution in [0, 0.1) is 6.92 Å². The van der Waals surface area contributed by atoms with Crippen LogP contribution < -0.4 is 10.5 Å². The first-order chi connectivity index (χ1) is 12.0. The minimum atomic E-state index is -0.735. The summed E-state index contributed by atoms with van der Waals surface area (Å²) in [7, 11) is 1.66. The minimum Gasteiger partial charge on any atom is -0.497 e. The summed E-state index contributed by atoms with van der Waals surface area (Å²) in [5.74, 6) is 1.19. The number of nitrogens with two attached hydrogens (primary N) is 1. The van der Waals surface area contributed by atoms with E-state index in [4.69, 9.17) is 15.5 Å². The van der Waals surface area contributed by atoms with Crippen molar-refractivity contribution in [3.8, 4) is 5.75 Å². The zero-order valence-electron chi connectivity index (χ0n) is 13.9. The highest BCUT2D eigenvalue weighted by atomic mass is 79.9. The van der Waals surface area contributed by atoms with Crippen LogP contribution in [0.15, 0.2) is 64.1 Å². The van der Waals surface area contributed by atoms with Gasteiger partial charge in [-0.15, -0.1) is 0 Å². The number of halogens is 1. The van der Waals surface area contributed by atoms with Crippen molar-refractivity contribution in [3.63, 3.8) is 0 Å². The zero-order valence-corrected chi connectivity index (χ0v) is 15.5. The second-order valence-electron chi connectivity index (χ2n) is 6.00. The summed E-state index contributed by atoms with van der Waals surface area (Å²) >= 11 is 3.57. The van der Waals surface area contributed by atoms with Gasteiger partial charge in [-0.25, -0.2) is 9.67 Å². The molecule has 1 aliphatic rings. The van der Waals surface area contributed by atoms with E-state index in [0.29, 0.717) is 5.96 Å². The van der Waals surface area contributed by atoms with E-state index in [1.807, 2.05) is 49.4 Å². The van der Waals surface area contributed by atoms with E-state index < -0.39 is 5.54 Å². The summed E-state index contributed by atoms with van der Waals surface area (Å²) in [5.41, 5.74) is 9.35. The van der Waals surface area contributed by atoms with Gasteiger partial charge in [0.05, 0.1) is 18.5 Å². The molecule has 0 radical (unpaired) electrons. The number of hydrogen-bond donors (Lipinski definition) is 1. The molecule has 2 aromatic carbocycles. The van der Waals surface area contributed by atoms with Gasteiger partial charge in [0.2, 0.25) is 5.96 Å².